The van der Waals surface area contributed by atoms with Crippen molar-refractivity contribution >= 4 is 0 Å². The average Bonchev–Trinajstić information content (AvgIpc) is 2.90. The molecule has 2 heteroatoms. The Morgan fingerprint density at radius 1 is 1.11 bits per heavy atom. The highest BCUT2D eigenvalue weighted by Gasteiger charge is 2.30. The molecule has 2 fully saturated rings. The van der Waals surface area contributed by atoms with Gasteiger partial charge in [-0.15, -0.1) is 0 Å². The number of rotatable bonds is 5. The first kappa shape index (κ1) is 14.3. The molecule has 2 rings (SSSR count). The van der Waals surface area contributed by atoms with Gasteiger partial charge in [0.15, 0.2) is 0 Å². The summed E-state index contributed by atoms with van der Waals surface area (Å²) in [7, 11) is 0. The van der Waals surface area contributed by atoms with Gasteiger partial charge in [0.05, 0.1) is 0 Å². The van der Waals surface area contributed by atoms with Crippen molar-refractivity contribution in [3.8, 4) is 0 Å². The fourth-order valence-corrected chi connectivity index (χ4v) is 3.64. The summed E-state index contributed by atoms with van der Waals surface area (Å²) in [6, 6.07) is 1.61. The Hall–Kier alpha value is -0.0800. The van der Waals surface area contributed by atoms with Crippen LogP contribution in [-0.4, -0.2) is 36.6 Å². The van der Waals surface area contributed by atoms with E-state index in [0.717, 1.165) is 23.9 Å². The minimum atomic E-state index is 0.789. The molecule has 106 valence electrons. The second-order valence-electron chi connectivity index (χ2n) is 6.92. The van der Waals surface area contributed by atoms with E-state index >= 15 is 0 Å². The summed E-state index contributed by atoms with van der Waals surface area (Å²) in [5.74, 6) is 1.77. The summed E-state index contributed by atoms with van der Waals surface area (Å²) in [6.45, 7) is 11.1. The van der Waals surface area contributed by atoms with Crippen LogP contribution in [-0.2, 0) is 0 Å². The van der Waals surface area contributed by atoms with Gasteiger partial charge in [-0.2, -0.15) is 0 Å². The quantitative estimate of drug-likeness (QED) is 0.808. The molecule has 2 aliphatic heterocycles. The highest BCUT2D eigenvalue weighted by molar-refractivity contribution is 4.87. The lowest BCUT2D eigenvalue weighted by Crippen LogP contribution is -2.46. The van der Waals surface area contributed by atoms with Gasteiger partial charge in [-0.1, -0.05) is 13.8 Å². The van der Waals surface area contributed by atoms with E-state index in [1.807, 2.05) is 0 Å². The van der Waals surface area contributed by atoms with Gasteiger partial charge in [-0.3, -0.25) is 0 Å². The van der Waals surface area contributed by atoms with Crippen LogP contribution < -0.4 is 5.32 Å². The number of piperidine rings is 1. The summed E-state index contributed by atoms with van der Waals surface area (Å²) < 4.78 is 0. The molecule has 1 N–H and O–H groups in total. The van der Waals surface area contributed by atoms with Crippen LogP contribution in [0.5, 0.6) is 0 Å². The molecule has 0 radical (unpaired) electrons. The van der Waals surface area contributed by atoms with Crippen LogP contribution in [0.3, 0.4) is 0 Å². The van der Waals surface area contributed by atoms with Crippen molar-refractivity contribution in [2.75, 3.05) is 19.6 Å². The maximum atomic E-state index is 3.71. The summed E-state index contributed by atoms with van der Waals surface area (Å²) in [5.41, 5.74) is 0. The fraction of sp³-hybridized carbons (Fsp3) is 1.00. The molecule has 2 nitrogen and oxygen atoms in total. The number of hydrogen-bond acceptors (Lipinski definition) is 2. The van der Waals surface area contributed by atoms with Crippen molar-refractivity contribution in [1.29, 1.82) is 0 Å². The van der Waals surface area contributed by atoms with Gasteiger partial charge in [0.25, 0.3) is 0 Å². The van der Waals surface area contributed by atoms with Crippen molar-refractivity contribution in [3.63, 3.8) is 0 Å². The minimum absolute atomic E-state index is 0.789. The van der Waals surface area contributed by atoms with Gasteiger partial charge in [-0.05, 0) is 70.4 Å². The number of hydrogen-bond donors (Lipinski definition) is 1. The molecule has 0 aromatic carbocycles. The van der Waals surface area contributed by atoms with Gasteiger partial charge >= 0.3 is 0 Å². The van der Waals surface area contributed by atoms with Crippen LogP contribution in [0.2, 0.25) is 0 Å². The Kier molecular flexibility index (Phi) is 5.50. The Balaban J connectivity index is 1.78. The van der Waals surface area contributed by atoms with Gasteiger partial charge in [0.2, 0.25) is 0 Å². The Bertz CT molecular complexity index is 233. The second-order valence-corrected chi connectivity index (χ2v) is 6.92. The third-order valence-electron chi connectivity index (χ3n) is 4.94. The number of nitrogens with zero attached hydrogens (tertiary/aromatic N) is 1. The Morgan fingerprint density at radius 3 is 2.61 bits per heavy atom. The van der Waals surface area contributed by atoms with E-state index in [1.165, 1.54) is 58.2 Å². The molecule has 2 saturated heterocycles. The highest BCUT2D eigenvalue weighted by Crippen LogP contribution is 2.26. The number of nitrogens with one attached hydrogen (secondary N) is 1. The fourth-order valence-electron chi connectivity index (χ4n) is 3.64. The number of likely N-dealkylation sites (tertiary alicyclic amines) is 1. The first-order chi connectivity index (χ1) is 8.66. The van der Waals surface area contributed by atoms with Gasteiger partial charge in [0, 0.05) is 18.6 Å². The topological polar surface area (TPSA) is 15.3 Å². The van der Waals surface area contributed by atoms with E-state index in [2.05, 4.69) is 31.0 Å². The molecular weight excluding hydrogens is 220 g/mol. The first-order valence-corrected chi connectivity index (χ1v) is 8.14. The maximum absolute atomic E-state index is 3.71. The molecular formula is C16H32N2. The summed E-state index contributed by atoms with van der Waals surface area (Å²) in [5, 5.41) is 3.71. The van der Waals surface area contributed by atoms with Crippen LogP contribution >= 0.6 is 0 Å². The van der Waals surface area contributed by atoms with Crippen molar-refractivity contribution in [1.82, 2.24) is 10.2 Å². The standard InChI is InChI=1S/C16H32N2/c1-13(2)8-9-14(3)18-11-5-6-15(12-18)16-7-4-10-17-16/h13-17H,4-12H2,1-3H3. The molecule has 0 amide bonds. The molecule has 2 aliphatic rings. The molecule has 0 aromatic heterocycles. The molecule has 0 aromatic rings. The summed E-state index contributed by atoms with van der Waals surface area (Å²) in [4.78, 5) is 2.76. The normalized spacial score (nSPS) is 32.0. The zero-order valence-corrected chi connectivity index (χ0v) is 12.6. The molecule has 2 heterocycles. The summed E-state index contributed by atoms with van der Waals surface area (Å²) >= 11 is 0. The summed E-state index contributed by atoms with van der Waals surface area (Å²) in [6.07, 6.45) is 8.43. The molecule has 0 saturated carbocycles. The molecule has 0 spiro atoms. The van der Waals surface area contributed by atoms with Crippen molar-refractivity contribution in [2.24, 2.45) is 11.8 Å². The predicted octanol–water partition coefficient (Wildman–Crippen LogP) is 3.28. The van der Waals surface area contributed by atoms with E-state index in [-0.39, 0.29) is 0 Å². The van der Waals surface area contributed by atoms with Crippen LogP contribution in [0.4, 0.5) is 0 Å². The SMILES string of the molecule is CC(C)CCC(C)N1CCCC(C2CCCN2)C1. The average molecular weight is 252 g/mol. The highest BCUT2D eigenvalue weighted by atomic mass is 15.2. The van der Waals surface area contributed by atoms with Crippen LogP contribution in [0.25, 0.3) is 0 Å². The molecule has 18 heavy (non-hydrogen) atoms. The monoisotopic (exact) mass is 252 g/mol. The van der Waals surface area contributed by atoms with Crippen LogP contribution in [0.1, 0.15) is 59.3 Å². The Morgan fingerprint density at radius 2 is 1.94 bits per heavy atom. The molecule has 3 atom stereocenters. The largest absolute Gasteiger partial charge is 0.314 e. The maximum Gasteiger partial charge on any atom is 0.0108 e. The lowest BCUT2D eigenvalue weighted by atomic mass is 9.88. The zero-order chi connectivity index (χ0) is 13.0. The van der Waals surface area contributed by atoms with Crippen molar-refractivity contribution in [3.05, 3.63) is 0 Å². The molecule has 0 bridgehead atoms. The predicted molar refractivity (Wildman–Crippen MR) is 78.9 cm³/mol. The molecule has 0 aliphatic carbocycles. The van der Waals surface area contributed by atoms with Crippen molar-refractivity contribution < 1.29 is 0 Å². The van der Waals surface area contributed by atoms with E-state index in [9.17, 15) is 0 Å². The van der Waals surface area contributed by atoms with E-state index < -0.39 is 0 Å². The minimum Gasteiger partial charge on any atom is -0.314 e. The van der Waals surface area contributed by atoms with Crippen molar-refractivity contribution in [2.45, 2.75) is 71.4 Å². The Labute approximate surface area is 114 Å². The smallest absolute Gasteiger partial charge is 0.0108 e. The van der Waals surface area contributed by atoms with Gasteiger partial charge < -0.3 is 10.2 Å². The third-order valence-corrected chi connectivity index (χ3v) is 4.94. The lowest BCUT2D eigenvalue weighted by Gasteiger charge is -2.39. The molecule has 3 unspecified atom stereocenters. The van der Waals surface area contributed by atoms with E-state index in [1.54, 1.807) is 0 Å². The zero-order valence-electron chi connectivity index (χ0n) is 12.6. The third kappa shape index (κ3) is 3.96. The first-order valence-electron chi connectivity index (χ1n) is 8.14. The van der Waals surface area contributed by atoms with Gasteiger partial charge in [-0.25, -0.2) is 0 Å². The lowest BCUT2D eigenvalue weighted by molar-refractivity contribution is 0.107. The van der Waals surface area contributed by atoms with E-state index in [0.29, 0.717) is 0 Å². The van der Waals surface area contributed by atoms with Gasteiger partial charge in [0.1, 0.15) is 0 Å². The van der Waals surface area contributed by atoms with Crippen LogP contribution in [0.15, 0.2) is 0 Å². The second kappa shape index (κ2) is 6.91. The van der Waals surface area contributed by atoms with Crippen LogP contribution in [0, 0.1) is 11.8 Å². The van der Waals surface area contributed by atoms with E-state index in [4.69, 9.17) is 0 Å².